The van der Waals surface area contributed by atoms with Gasteiger partial charge >= 0.3 is 0 Å². The van der Waals surface area contributed by atoms with Crippen molar-refractivity contribution >= 4 is 34.8 Å². The van der Waals surface area contributed by atoms with E-state index in [9.17, 15) is 20.0 Å². The van der Waals surface area contributed by atoms with Gasteiger partial charge in [-0.05, 0) is 91.9 Å². The van der Waals surface area contributed by atoms with Crippen molar-refractivity contribution in [2.45, 2.75) is 47.5 Å². The molecule has 0 aliphatic heterocycles. The van der Waals surface area contributed by atoms with Crippen LogP contribution in [0.1, 0.15) is 71.8 Å². The second-order valence-corrected chi connectivity index (χ2v) is 13.4. The number of amides is 2. The number of aromatic hydroxyl groups is 1. The highest BCUT2D eigenvalue weighted by molar-refractivity contribution is 6.31. The topological polar surface area (TPSA) is 129 Å². The molecule has 5 aromatic rings. The van der Waals surface area contributed by atoms with Gasteiger partial charge in [-0.15, -0.1) is 5.10 Å². The summed E-state index contributed by atoms with van der Waals surface area (Å²) in [7, 11) is 1.83. The van der Waals surface area contributed by atoms with Crippen LogP contribution in [0.25, 0.3) is 16.9 Å². The number of phenolic OH excluding ortho intramolecular Hbond substituents is 1. The SMILES string of the molecule is CCCc1cn(-c2cc(C#N)cc(N(C(=O)c3cc(-c4cc(Cl)ccc4C(=O)NCC(C)/C=C\C(C)C)n(C)c3C)c3ccc(O)cc3)c2)nn1. The van der Waals surface area contributed by atoms with Crippen molar-refractivity contribution < 1.29 is 14.7 Å². The molecule has 10 nitrogen and oxygen atoms in total. The van der Waals surface area contributed by atoms with E-state index in [0.29, 0.717) is 68.2 Å². The molecule has 2 heterocycles. The number of phenols is 1. The highest BCUT2D eigenvalue weighted by atomic mass is 35.5. The van der Waals surface area contributed by atoms with E-state index in [1.54, 1.807) is 59.3 Å². The number of aryl methyl sites for hydroxylation is 1. The summed E-state index contributed by atoms with van der Waals surface area (Å²) in [6.45, 7) is 10.6. The Morgan fingerprint density at radius 2 is 1.76 bits per heavy atom. The van der Waals surface area contributed by atoms with Crippen LogP contribution in [-0.4, -0.2) is 43.0 Å². The lowest BCUT2D eigenvalue weighted by Crippen LogP contribution is -2.28. The highest BCUT2D eigenvalue weighted by Gasteiger charge is 2.27. The van der Waals surface area contributed by atoms with Gasteiger partial charge in [0.1, 0.15) is 5.75 Å². The van der Waals surface area contributed by atoms with Crippen molar-refractivity contribution in [1.82, 2.24) is 24.9 Å². The zero-order chi connectivity index (χ0) is 36.8. The Kier molecular flexibility index (Phi) is 11.4. The molecule has 2 aromatic heterocycles. The summed E-state index contributed by atoms with van der Waals surface area (Å²) in [4.78, 5) is 29.8. The van der Waals surface area contributed by atoms with Crippen LogP contribution in [0.15, 0.2) is 85.1 Å². The maximum absolute atomic E-state index is 14.8. The predicted octanol–water partition coefficient (Wildman–Crippen LogP) is 8.32. The largest absolute Gasteiger partial charge is 0.508 e. The first-order valence-corrected chi connectivity index (χ1v) is 17.3. The first-order valence-electron chi connectivity index (χ1n) is 16.9. The van der Waals surface area contributed by atoms with Crippen molar-refractivity contribution in [1.29, 1.82) is 5.26 Å². The summed E-state index contributed by atoms with van der Waals surface area (Å²) >= 11 is 6.48. The third-order valence-corrected chi connectivity index (χ3v) is 8.82. The number of nitrogens with one attached hydrogen (secondary N) is 1. The number of nitriles is 1. The summed E-state index contributed by atoms with van der Waals surface area (Å²) in [6, 6.07) is 20.4. The Labute approximate surface area is 303 Å². The van der Waals surface area contributed by atoms with E-state index < -0.39 is 0 Å². The monoisotopic (exact) mass is 703 g/mol. The van der Waals surface area contributed by atoms with Crippen LogP contribution in [0.5, 0.6) is 5.75 Å². The Hall–Kier alpha value is -5.66. The third-order valence-electron chi connectivity index (χ3n) is 8.59. The number of halogens is 1. The molecule has 51 heavy (non-hydrogen) atoms. The van der Waals surface area contributed by atoms with Gasteiger partial charge < -0.3 is 15.0 Å². The molecule has 262 valence electrons. The fourth-order valence-electron chi connectivity index (χ4n) is 5.75. The molecule has 0 aliphatic rings. The number of carbonyl (C=O) groups excluding carboxylic acids is 2. The molecule has 1 unspecified atom stereocenters. The Morgan fingerprint density at radius 1 is 1.02 bits per heavy atom. The van der Waals surface area contributed by atoms with E-state index in [1.165, 1.54) is 17.0 Å². The maximum Gasteiger partial charge on any atom is 0.264 e. The van der Waals surface area contributed by atoms with E-state index in [2.05, 4.69) is 54.6 Å². The van der Waals surface area contributed by atoms with Crippen LogP contribution in [0.2, 0.25) is 5.02 Å². The number of carbonyl (C=O) groups is 2. The molecule has 2 amide bonds. The summed E-state index contributed by atoms with van der Waals surface area (Å²) in [5.41, 5.74) is 5.23. The molecule has 2 N–H and O–H groups in total. The maximum atomic E-state index is 14.8. The van der Waals surface area contributed by atoms with Gasteiger partial charge in [-0.2, -0.15) is 5.26 Å². The number of rotatable bonds is 12. The number of benzene rings is 3. The Bertz CT molecular complexity index is 2120. The molecule has 0 fully saturated rings. The molecule has 1 atom stereocenters. The molecule has 0 saturated carbocycles. The van der Waals surface area contributed by atoms with Gasteiger partial charge in [-0.25, -0.2) is 4.68 Å². The van der Waals surface area contributed by atoms with Crippen LogP contribution in [0.3, 0.4) is 0 Å². The van der Waals surface area contributed by atoms with Crippen molar-refractivity contribution in [3.63, 3.8) is 0 Å². The van der Waals surface area contributed by atoms with Gasteiger partial charge in [-0.1, -0.05) is 63.1 Å². The molecular weight excluding hydrogens is 662 g/mol. The summed E-state index contributed by atoms with van der Waals surface area (Å²) in [5.74, 6) is -0.0372. The second-order valence-electron chi connectivity index (χ2n) is 13.0. The zero-order valence-corrected chi connectivity index (χ0v) is 30.4. The van der Waals surface area contributed by atoms with Crippen molar-refractivity contribution in [2.24, 2.45) is 18.9 Å². The van der Waals surface area contributed by atoms with E-state index in [4.69, 9.17) is 11.6 Å². The Morgan fingerprint density at radius 3 is 2.45 bits per heavy atom. The van der Waals surface area contributed by atoms with Gasteiger partial charge in [0.2, 0.25) is 0 Å². The normalized spacial score (nSPS) is 11.9. The third kappa shape index (κ3) is 8.39. The van der Waals surface area contributed by atoms with Crippen LogP contribution < -0.4 is 10.2 Å². The number of anilines is 2. The molecule has 5 rings (SSSR count). The van der Waals surface area contributed by atoms with Gasteiger partial charge in [0.05, 0.1) is 40.5 Å². The average Bonchev–Trinajstić information content (AvgIpc) is 3.70. The highest BCUT2D eigenvalue weighted by Crippen LogP contribution is 2.35. The standard InChI is InChI=1S/C40H42ClN7O3/c1-7-8-30-24-47(45-44-30)32-17-28(22-42)18-33(20-32)48(31-12-14-34(49)15-13-31)40(51)36-21-38(46(6)27(36)5)37-19-29(41)11-16-35(37)39(50)43-23-26(4)10-9-25(2)3/h9-21,24-26,49H,7-8,23H2,1-6H3,(H,43,50)/b10-9-. The minimum absolute atomic E-state index is 0.0407. The van der Waals surface area contributed by atoms with E-state index in [-0.39, 0.29) is 23.5 Å². The van der Waals surface area contributed by atoms with Gasteiger partial charge in [-0.3, -0.25) is 14.5 Å². The number of hydrogen-bond donors (Lipinski definition) is 2. The minimum Gasteiger partial charge on any atom is -0.508 e. The van der Waals surface area contributed by atoms with Crippen molar-refractivity contribution in [2.75, 3.05) is 11.4 Å². The number of aromatic nitrogens is 4. The quantitative estimate of drug-likeness (QED) is 0.126. The van der Waals surface area contributed by atoms with Gasteiger partial charge in [0.25, 0.3) is 11.8 Å². The zero-order valence-electron chi connectivity index (χ0n) is 29.7. The van der Waals surface area contributed by atoms with Crippen LogP contribution in [-0.2, 0) is 13.5 Å². The summed E-state index contributed by atoms with van der Waals surface area (Å²) in [5, 5.41) is 32.1. The summed E-state index contributed by atoms with van der Waals surface area (Å²) in [6.07, 6.45) is 7.68. The average molecular weight is 704 g/mol. The number of allylic oxidation sites excluding steroid dienone is 1. The van der Waals surface area contributed by atoms with E-state index in [1.807, 2.05) is 31.7 Å². The van der Waals surface area contributed by atoms with Gasteiger partial charge in [0.15, 0.2) is 0 Å². The predicted molar refractivity (Wildman–Crippen MR) is 201 cm³/mol. The van der Waals surface area contributed by atoms with Crippen molar-refractivity contribution in [3.05, 3.63) is 118 Å². The first kappa shape index (κ1) is 36.6. The lowest BCUT2D eigenvalue weighted by atomic mass is 10.0. The molecule has 0 bridgehead atoms. The fourth-order valence-corrected chi connectivity index (χ4v) is 5.92. The second kappa shape index (κ2) is 15.9. The molecule has 0 spiro atoms. The molecule has 0 radical (unpaired) electrons. The molecule has 0 aliphatic carbocycles. The number of hydrogen-bond acceptors (Lipinski definition) is 6. The van der Waals surface area contributed by atoms with Crippen LogP contribution in [0.4, 0.5) is 11.4 Å². The fraction of sp³-hybridized carbons (Fsp3) is 0.275. The smallest absolute Gasteiger partial charge is 0.264 e. The lowest BCUT2D eigenvalue weighted by Gasteiger charge is -2.24. The molecular formula is C40H42ClN7O3. The molecule has 11 heteroatoms. The lowest BCUT2D eigenvalue weighted by molar-refractivity contribution is 0.0949. The molecule has 3 aromatic carbocycles. The van der Waals surface area contributed by atoms with Crippen LogP contribution >= 0.6 is 11.6 Å². The summed E-state index contributed by atoms with van der Waals surface area (Å²) < 4.78 is 3.45. The molecule has 0 saturated heterocycles. The van der Waals surface area contributed by atoms with Gasteiger partial charge in [0, 0.05) is 46.8 Å². The van der Waals surface area contributed by atoms with E-state index in [0.717, 1.165) is 18.5 Å². The number of nitrogens with zero attached hydrogens (tertiary/aromatic N) is 6. The minimum atomic E-state index is -0.384. The van der Waals surface area contributed by atoms with Crippen LogP contribution in [0, 0.1) is 30.1 Å². The van der Waals surface area contributed by atoms with E-state index >= 15 is 0 Å². The Balaban J connectivity index is 1.58. The first-order chi connectivity index (χ1) is 24.4. The van der Waals surface area contributed by atoms with Crippen molar-refractivity contribution in [3.8, 4) is 28.8 Å².